The Labute approximate surface area is 346 Å². The number of hydrogen-bond acceptors (Lipinski definition) is 13. The minimum atomic E-state index is -0.656. The fourth-order valence-corrected chi connectivity index (χ4v) is 6.01. The lowest BCUT2D eigenvalue weighted by atomic mass is 9.86. The Hall–Kier alpha value is -6.51. The van der Waals surface area contributed by atoms with Gasteiger partial charge in [-0.05, 0) is 92.4 Å². The summed E-state index contributed by atoms with van der Waals surface area (Å²) in [5, 5.41) is 13.2. The fourth-order valence-electron chi connectivity index (χ4n) is 6.01. The summed E-state index contributed by atoms with van der Waals surface area (Å²) in [4.78, 5) is 14.7. The zero-order chi connectivity index (χ0) is 44.7. The number of nitrogens with zero attached hydrogens (tertiary/aromatic N) is 4. The number of fused-ring (bicyclic) bond motifs is 4. The van der Waals surface area contributed by atoms with Gasteiger partial charge in [-0.2, -0.15) is 4.98 Å². The number of nitrogen functional groups attached to an aromatic ring is 4. The lowest BCUT2D eigenvalue weighted by Gasteiger charge is -2.19. The summed E-state index contributed by atoms with van der Waals surface area (Å²) in [6, 6.07) is 18.0. The van der Waals surface area contributed by atoms with Gasteiger partial charge in [0.05, 0.1) is 16.2 Å². The second-order valence-electron chi connectivity index (χ2n) is 18.6. The Morgan fingerprint density at radius 2 is 0.917 bits per heavy atom. The van der Waals surface area contributed by atoms with Crippen LogP contribution >= 0.6 is 0 Å². The predicted octanol–water partition coefficient (Wildman–Crippen LogP) is 10.5. The Morgan fingerprint density at radius 3 is 1.45 bits per heavy atom. The minimum absolute atomic E-state index is 0.00475. The van der Waals surface area contributed by atoms with Crippen molar-refractivity contribution in [1.82, 2.24) is 20.5 Å². The molecule has 8 rings (SSSR count). The van der Waals surface area contributed by atoms with Crippen molar-refractivity contribution in [3.05, 3.63) is 105 Å². The minimum Gasteiger partial charge on any atom is -0.408 e. The highest BCUT2D eigenvalue weighted by molar-refractivity contribution is 5.89. The Balaban J connectivity index is 0.000000152. The van der Waals surface area contributed by atoms with Gasteiger partial charge in [0, 0.05) is 0 Å². The molecule has 0 spiro atoms. The topological polar surface area (TPSA) is 225 Å². The molecule has 0 bridgehead atoms. The van der Waals surface area contributed by atoms with Crippen LogP contribution in [0, 0.1) is 11.6 Å². The van der Waals surface area contributed by atoms with E-state index < -0.39 is 5.76 Å². The number of halogens is 2. The van der Waals surface area contributed by atoms with E-state index in [2.05, 4.69) is 68.1 Å². The third kappa shape index (κ3) is 10.0. The van der Waals surface area contributed by atoms with E-state index in [-0.39, 0.29) is 56.1 Å². The molecule has 0 amide bonds. The van der Waals surface area contributed by atoms with Gasteiger partial charge in [0.25, 0.3) is 0 Å². The average molecular weight is 825 g/mol. The molecule has 4 aromatic carbocycles. The molecule has 15 heteroatoms. The van der Waals surface area contributed by atoms with Gasteiger partial charge < -0.3 is 40.9 Å². The Bertz CT molecular complexity index is 2860. The van der Waals surface area contributed by atoms with Crippen molar-refractivity contribution in [1.29, 1.82) is 0 Å². The van der Waals surface area contributed by atoms with Crippen LogP contribution in [0.3, 0.4) is 0 Å². The maximum absolute atomic E-state index is 13.7. The van der Waals surface area contributed by atoms with E-state index >= 15 is 0 Å². The van der Waals surface area contributed by atoms with E-state index in [4.69, 9.17) is 40.9 Å². The summed E-state index contributed by atoms with van der Waals surface area (Å²) < 4.78 is 47.5. The molecular weight excluding hydrogens is 771 g/mol. The molecule has 8 aromatic rings. The smallest absolute Gasteiger partial charge is 0.408 e. The summed E-state index contributed by atoms with van der Waals surface area (Å²) in [5.41, 5.74) is 28.0. The maximum Gasteiger partial charge on any atom is 0.441 e. The van der Waals surface area contributed by atoms with Gasteiger partial charge in [0.1, 0.15) is 28.4 Å². The summed E-state index contributed by atoms with van der Waals surface area (Å²) in [6.07, 6.45) is 0. The van der Waals surface area contributed by atoms with Gasteiger partial charge in [0.2, 0.25) is 0 Å². The van der Waals surface area contributed by atoms with E-state index in [0.29, 0.717) is 38.9 Å². The van der Waals surface area contributed by atoms with Gasteiger partial charge in [-0.15, -0.1) is 0 Å². The van der Waals surface area contributed by atoms with Crippen LogP contribution in [0.2, 0.25) is 0 Å². The van der Waals surface area contributed by atoms with Crippen LogP contribution in [0.15, 0.2) is 83.4 Å². The van der Waals surface area contributed by atoms with Crippen LogP contribution in [0.4, 0.5) is 32.1 Å². The first-order valence-corrected chi connectivity index (χ1v) is 19.2. The number of anilines is 4. The molecule has 0 saturated carbocycles. The molecule has 13 nitrogen and oxygen atoms in total. The first-order valence-electron chi connectivity index (χ1n) is 19.2. The van der Waals surface area contributed by atoms with Crippen LogP contribution in [0.1, 0.15) is 105 Å². The molecule has 4 heterocycles. The van der Waals surface area contributed by atoms with Crippen LogP contribution < -0.4 is 28.7 Å². The third-order valence-electron chi connectivity index (χ3n) is 9.71. The zero-order valence-electron chi connectivity index (χ0n) is 36.2. The fraction of sp³-hybridized carbons (Fsp3) is 0.356. The van der Waals surface area contributed by atoms with E-state index in [1.165, 1.54) is 17.7 Å². The van der Waals surface area contributed by atoms with Crippen molar-refractivity contribution in [2.45, 2.75) is 105 Å². The number of nitrogens with two attached hydrogens (primary N) is 4. The maximum atomic E-state index is 13.7. The molecule has 60 heavy (non-hydrogen) atoms. The molecule has 4 aromatic heterocycles. The molecule has 0 aliphatic carbocycles. The van der Waals surface area contributed by atoms with Gasteiger partial charge >= 0.3 is 5.76 Å². The number of aromatic nitrogens is 4. The van der Waals surface area contributed by atoms with Crippen molar-refractivity contribution in [2.75, 3.05) is 22.9 Å². The van der Waals surface area contributed by atoms with Gasteiger partial charge in [0.15, 0.2) is 34.2 Å². The van der Waals surface area contributed by atoms with Gasteiger partial charge in [-0.1, -0.05) is 111 Å². The van der Waals surface area contributed by atoms with Crippen LogP contribution in [0.25, 0.3) is 43.9 Å². The number of rotatable bonds is 0. The van der Waals surface area contributed by atoms with Crippen molar-refractivity contribution >= 4 is 67.1 Å². The van der Waals surface area contributed by atoms with E-state index in [9.17, 15) is 13.6 Å². The van der Waals surface area contributed by atoms with Gasteiger partial charge in [-0.25, -0.2) is 13.6 Å². The second kappa shape index (κ2) is 16.3. The molecule has 0 fully saturated rings. The molecule has 0 aliphatic heterocycles. The van der Waals surface area contributed by atoms with Crippen molar-refractivity contribution in [3.63, 3.8) is 0 Å². The first-order chi connectivity index (χ1) is 27.6. The molecule has 8 N–H and O–H groups in total. The summed E-state index contributed by atoms with van der Waals surface area (Å²) in [6.45, 7) is 24.6. The SMILES string of the molecule is CC(C)(C)c1cc(F)c2c(N)noc2c1.CC(C)(C)c1cc2onc(N)c2cc1F.CC(C)(C)c1ccc2c(N)nc(=O)oc2c1.CC(C)(C)c1ccc2c(N)noc2c1. The molecular formula is C45H54F2N8O5. The number of benzene rings is 4. The third-order valence-corrected chi connectivity index (χ3v) is 9.71. The quantitative estimate of drug-likeness (QED) is 0.112. The number of hydrogen-bond donors (Lipinski definition) is 4. The highest BCUT2D eigenvalue weighted by Gasteiger charge is 2.22. The molecule has 0 aliphatic rings. The van der Waals surface area contributed by atoms with Crippen molar-refractivity contribution < 1.29 is 26.8 Å². The van der Waals surface area contributed by atoms with Crippen molar-refractivity contribution in [3.8, 4) is 0 Å². The lowest BCUT2D eigenvalue weighted by Crippen LogP contribution is -2.13. The second-order valence-corrected chi connectivity index (χ2v) is 18.6. The molecule has 0 saturated heterocycles. The van der Waals surface area contributed by atoms with Crippen LogP contribution in [-0.4, -0.2) is 20.5 Å². The normalized spacial score (nSPS) is 12.2. The Morgan fingerprint density at radius 1 is 0.467 bits per heavy atom. The Kier molecular flexibility index (Phi) is 12.1. The summed E-state index contributed by atoms with van der Waals surface area (Å²) in [5.74, 6) is -0.309. The largest absolute Gasteiger partial charge is 0.441 e. The van der Waals surface area contributed by atoms with Crippen LogP contribution in [-0.2, 0) is 21.7 Å². The highest BCUT2D eigenvalue weighted by atomic mass is 19.1. The summed E-state index contributed by atoms with van der Waals surface area (Å²) >= 11 is 0. The molecule has 0 unspecified atom stereocenters. The summed E-state index contributed by atoms with van der Waals surface area (Å²) in [7, 11) is 0. The molecule has 318 valence electrons. The van der Waals surface area contributed by atoms with E-state index in [0.717, 1.165) is 22.1 Å². The first kappa shape index (κ1) is 44.6. The predicted molar refractivity (Wildman–Crippen MR) is 235 cm³/mol. The average Bonchev–Trinajstić information content (AvgIpc) is 3.82. The monoisotopic (exact) mass is 824 g/mol. The van der Waals surface area contributed by atoms with Crippen LogP contribution in [0.5, 0.6) is 0 Å². The molecule has 0 radical (unpaired) electrons. The lowest BCUT2D eigenvalue weighted by molar-refractivity contribution is 0.457. The zero-order valence-corrected chi connectivity index (χ0v) is 36.2. The highest BCUT2D eigenvalue weighted by Crippen LogP contribution is 2.33. The van der Waals surface area contributed by atoms with E-state index in [1.807, 2.05) is 71.9 Å². The standard InChI is InChI=1S/C12H14N2O2.2C11H13FN2O.C11H14N2O/c1-12(2,3)7-4-5-8-9(6-7)16-11(15)14-10(8)13;1-11(2,3)7-5-9-6(4-8(7)12)10(13)14-15-9;1-11(2,3)6-4-7(12)9-8(5-6)15-14-10(9)13;1-11(2,3)7-4-5-8-9(6-7)14-13-10(8)12/h4-6H,1-3H3,(H2,13,14,15);2*4-5H,1-3H3,(H2,13,14);4-6H,1-3H3,(H2,12,13). The van der Waals surface area contributed by atoms with Gasteiger partial charge in [-0.3, -0.25) is 0 Å². The van der Waals surface area contributed by atoms with Crippen molar-refractivity contribution in [2.24, 2.45) is 0 Å². The van der Waals surface area contributed by atoms with E-state index in [1.54, 1.807) is 12.1 Å². The molecule has 0 atom stereocenters.